The van der Waals surface area contributed by atoms with Crippen molar-refractivity contribution in [2.24, 2.45) is 0 Å². The Morgan fingerprint density at radius 2 is 1.13 bits per heavy atom. The molecule has 0 atom stereocenters. The van der Waals surface area contributed by atoms with Crippen LogP contribution in [0.25, 0.3) is 0 Å². The van der Waals surface area contributed by atoms with Crippen molar-refractivity contribution in [2.75, 3.05) is 0 Å². The molecule has 0 saturated heterocycles. The summed E-state index contributed by atoms with van der Waals surface area (Å²) in [7, 11) is 0. The van der Waals surface area contributed by atoms with Crippen molar-refractivity contribution in [1.82, 2.24) is 11.0 Å². The van der Waals surface area contributed by atoms with Crippen LogP contribution in [0.5, 0.6) is 0 Å². The molecule has 0 fully saturated rings. The van der Waals surface area contributed by atoms with Crippen LogP contribution < -0.4 is 11.0 Å². The molecule has 4 N–H and O–H groups in total. The van der Waals surface area contributed by atoms with Crippen LogP contribution in [0.3, 0.4) is 0 Å². The summed E-state index contributed by atoms with van der Waals surface area (Å²) in [6.45, 7) is 0. The summed E-state index contributed by atoms with van der Waals surface area (Å²) in [5.41, 5.74) is 2.35. The van der Waals surface area contributed by atoms with Crippen LogP contribution in [-0.4, -0.2) is 34.7 Å². The van der Waals surface area contributed by atoms with E-state index in [0.717, 1.165) is 0 Å². The van der Waals surface area contributed by atoms with Gasteiger partial charge in [0.25, 0.3) is 0 Å². The second kappa shape index (κ2) is 5.85. The summed E-state index contributed by atoms with van der Waals surface area (Å²) in [4.78, 5) is 47.2. The molecule has 2 amide bonds. The quantitative estimate of drug-likeness (QED) is 0.244. The highest BCUT2D eigenvalue weighted by Crippen LogP contribution is 1.81. The van der Waals surface area contributed by atoms with Gasteiger partial charge in [0.15, 0.2) is 0 Å². The van der Waals surface area contributed by atoms with E-state index in [4.69, 9.17) is 10.2 Å². The number of carbonyl (C=O) groups excluding carboxylic acids is 2. The second-order valence-electron chi connectivity index (χ2n) is 1.62. The molecule has 0 radical (unpaired) electrons. The van der Waals surface area contributed by atoms with Crippen molar-refractivity contribution in [3.63, 3.8) is 0 Å². The van der Waals surface area contributed by atoms with Gasteiger partial charge in [0.05, 0.1) is 0 Å². The predicted molar refractivity (Wildman–Crippen MR) is 36.4 cm³/mol. The first-order valence-corrected chi connectivity index (χ1v) is 2.99. The third-order valence-electron chi connectivity index (χ3n) is 0.629. The minimum absolute atomic E-state index is 1.18. The molecule has 0 heterocycles. The molecule has 0 aromatic rings. The Labute approximate surface area is 80.4 Å². The van der Waals surface area contributed by atoms with Gasteiger partial charge in [-0.15, -0.1) is 11.0 Å². The maximum atomic E-state index is 10.4. The van der Waals surface area contributed by atoms with Gasteiger partial charge in [0, 0.05) is 0 Å². The molecule has 11 heteroatoms. The lowest BCUT2D eigenvalue weighted by atomic mass is 11.1. The molecular weight excluding hydrogens is 220 g/mol. The lowest BCUT2D eigenvalue weighted by Crippen LogP contribution is -2.34. The second-order valence-corrected chi connectivity index (χ2v) is 1.62. The number of nitrogens with one attached hydrogen (secondary N) is 2. The van der Waals surface area contributed by atoms with Crippen molar-refractivity contribution >= 4 is 24.5 Å². The smallest absolute Gasteiger partial charge is 0.448 e. The average molecular weight is 224 g/mol. The molecule has 15 heavy (non-hydrogen) atoms. The molecule has 84 valence electrons. The molecule has 0 saturated carbocycles. The highest BCUT2D eigenvalue weighted by atomic mass is 16.8. The fraction of sp³-hybridized carbons (Fsp3) is 0. The summed E-state index contributed by atoms with van der Waals surface area (Å²) >= 11 is 0. The van der Waals surface area contributed by atoms with Gasteiger partial charge in [-0.1, -0.05) is 0 Å². The topological polar surface area (TPSA) is 160 Å². The molecule has 0 aromatic heterocycles. The summed E-state index contributed by atoms with van der Waals surface area (Å²) in [5, 5.41) is 15.8. The van der Waals surface area contributed by atoms with Crippen molar-refractivity contribution < 1.29 is 43.8 Å². The van der Waals surface area contributed by atoms with E-state index in [2.05, 4.69) is 14.4 Å². The Morgan fingerprint density at radius 3 is 1.40 bits per heavy atom. The zero-order valence-corrected chi connectivity index (χ0v) is 6.75. The SMILES string of the molecule is O=C(O)ONC(=O)OC(=O)NOC(=O)O. The fourth-order valence-electron chi connectivity index (χ4n) is 0.297. The fourth-order valence-corrected chi connectivity index (χ4v) is 0.297. The van der Waals surface area contributed by atoms with Gasteiger partial charge < -0.3 is 24.6 Å². The van der Waals surface area contributed by atoms with Crippen LogP contribution in [0.4, 0.5) is 19.2 Å². The number of rotatable bonds is 0. The summed E-state index contributed by atoms with van der Waals surface area (Å²) in [5.74, 6) is 0. The van der Waals surface area contributed by atoms with E-state index in [1.54, 1.807) is 0 Å². The van der Waals surface area contributed by atoms with E-state index in [9.17, 15) is 19.2 Å². The highest BCUT2D eigenvalue weighted by molar-refractivity contribution is 5.83. The number of hydrogen-bond donors (Lipinski definition) is 4. The van der Waals surface area contributed by atoms with Crippen molar-refractivity contribution in [3.8, 4) is 0 Å². The summed E-state index contributed by atoms with van der Waals surface area (Å²) in [6.07, 6.45) is -6.84. The van der Waals surface area contributed by atoms with Crippen molar-refractivity contribution in [1.29, 1.82) is 0 Å². The van der Waals surface area contributed by atoms with Crippen LogP contribution in [0.1, 0.15) is 0 Å². The molecular formula is C4H4N2O9. The van der Waals surface area contributed by atoms with Gasteiger partial charge in [-0.25, -0.2) is 19.2 Å². The number of carboxylic acid groups (broad SMARTS) is 2. The Bertz CT molecular complexity index is 258. The van der Waals surface area contributed by atoms with Gasteiger partial charge in [-0.05, 0) is 0 Å². The standard InChI is InChI=1S/C4H4N2O9/c7-1(5-14-3(9)10)13-2(8)6-15-4(11)12/h(H,5,7)(H,6,8)(H,9,10)(H,11,12). The first kappa shape index (κ1) is 12.3. The lowest BCUT2D eigenvalue weighted by Gasteiger charge is -2.03. The predicted octanol–water partition coefficient (Wildman–Crippen LogP) is -0.359. The first-order chi connectivity index (χ1) is 6.91. The van der Waals surface area contributed by atoms with Gasteiger partial charge in [0.2, 0.25) is 0 Å². The first-order valence-electron chi connectivity index (χ1n) is 2.99. The molecule has 0 aliphatic heterocycles. The van der Waals surface area contributed by atoms with Crippen LogP contribution >= 0.6 is 0 Å². The van der Waals surface area contributed by atoms with Crippen LogP contribution in [0.2, 0.25) is 0 Å². The number of ether oxygens (including phenoxy) is 1. The molecule has 0 bridgehead atoms. The maximum absolute atomic E-state index is 10.4. The van der Waals surface area contributed by atoms with Gasteiger partial charge in [0.1, 0.15) is 0 Å². The average Bonchev–Trinajstić information content (AvgIpc) is 2.11. The monoisotopic (exact) mass is 224 g/mol. The van der Waals surface area contributed by atoms with Gasteiger partial charge in [-0.3, -0.25) is 0 Å². The molecule has 0 spiro atoms. The van der Waals surface area contributed by atoms with Crippen LogP contribution in [0, 0.1) is 0 Å². The lowest BCUT2D eigenvalue weighted by molar-refractivity contribution is 0.0249. The number of amides is 2. The van der Waals surface area contributed by atoms with E-state index in [1.165, 1.54) is 11.0 Å². The molecule has 0 aliphatic carbocycles. The van der Waals surface area contributed by atoms with Crippen LogP contribution in [0.15, 0.2) is 0 Å². The minimum atomic E-state index is -1.84. The molecule has 0 aliphatic rings. The Balaban J connectivity index is 3.71. The normalized spacial score (nSPS) is 8.27. The van der Waals surface area contributed by atoms with E-state index in [-0.39, 0.29) is 0 Å². The highest BCUT2D eigenvalue weighted by Gasteiger charge is 2.13. The third kappa shape index (κ3) is 7.63. The Hall–Kier alpha value is -2.72. The Morgan fingerprint density at radius 1 is 0.800 bits per heavy atom. The minimum Gasteiger partial charge on any atom is -0.448 e. The summed E-state index contributed by atoms with van der Waals surface area (Å²) in [6, 6.07) is 0. The van der Waals surface area contributed by atoms with Crippen LogP contribution in [-0.2, 0) is 14.4 Å². The molecule has 0 aromatic carbocycles. The van der Waals surface area contributed by atoms with Crippen molar-refractivity contribution in [2.45, 2.75) is 0 Å². The van der Waals surface area contributed by atoms with Crippen molar-refractivity contribution in [3.05, 3.63) is 0 Å². The zero-order valence-electron chi connectivity index (χ0n) is 6.75. The van der Waals surface area contributed by atoms with E-state index in [0.29, 0.717) is 0 Å². The molecule has 0 rings (SSSR count). The molecule has 0 unspecified atom stereocenters. The summed E-state index contributed by atoms with van der Waals surface area (Å²) < 4.78 is 3.67. The van der Waals surface area contributed by atoms with E-state index >= 15 is 0 Å². The molecule has 11 nitrogen and oxygen atoms in total. The van der Waals surface area contributed by atoms with E-state index in [1.807, 2.05) is 0 Å². The number of hydroxylamine groups is 2. The largest absolute Gasteiger partial charge is 0.530 e. The number of hydrogen-bond acceptors (Lipinski definition) is 7. The van der Waals surface area contributed by atoms with Gasteiger partial charge in [-0.2, -0.15) is 0 Å². The zero-order chi connectivity index (χ0) is 11.8. The third-order valence-corrected chi connectivity index (χ3v) is 0.629. The maximum Gasteiger partial charge on any atom is 0.530 e. The number of carbonyl (C=O) groups is 4. The van der Waals surface area contributed by atoms with E-state index < -0.39 is 24.5 Å². The Kier molecular flexibility index (Phi) is 4.79. The van der Waals surface area contributed by atoms with Gasteiger partial charge >= 0.3 is 24.5 Å².